The molecule has 9 nitrogen and oxygen atoms in total. The third-order valence-corrected chi connectivity index (χ3v) is 5.05. The van der Waals surface area contributed by atoms with E-state index in [1.54, 1.807) is 25.7 Å². The molecule has 0 aliphatic rings. The highest BCUT2D eigenvalue weighted by atomic mass is 19.4. The zero-order valence-corrected chi connectivity index (χ0v) is 18.5. The monoisotopic (exact) mass is 481 g/mol. The average Bonchev–Trinajstić information content (AvgIpc) is 3.44. The number of halogens is 3. The standard InChI is InChI=1S/C23H18F3N7O2/c1-14-12-32(13-28-14)19-8-5-16(11-20(19)34-2)29-21-30-22-27-10-9-18(33(22)31-21)15-3-6-17(7-4-15)35-23(24,25)26/h3-13H,1-2H3,(H,29,31). The van der Waals surface area contributed by atoms with Gasteiger partial charge in [0.05, 0.1) is 30.5 Å². The van der Waals surface area contributed by atoms with E-state index in [0.29, 0.717) is 28.5 Å². The van der Waals surface area contributed by atoms with Gasteiger partial charge >= 0.3 is 6.36 Å². The number of rotatable bonds is 6. The summed E-state index contributed by atoms with van der Waals surface area (Å²) in [5, 5.41) is 7.60. The van der Waals surface area contributed by atoms with Crippen molar-refractivity contribution < 1.29 is 22.6 Å². The van der Waals surface area contributed by atoms with E-state index >= 15 is 0 Å². The van der Waals surface area contributed by atoms with Gasteiger partial charge in [-0.15, -0.1) is 18.3 Å². The molecule has 0 aliphatic heterocycles. The first kappa shape index (κ1) is 22.2. The van der Waals surface area contributed by atoms with E-state index in [-0.39, 0.29) is 11.7 Å². The highest BCUT2D eigenvalue weighted by Gasteiger charge is 2.31. The number of nitrogens with zero attached hydrogens (tertiary/aromatic N) is 6. The van der Waals surface area contributed by atoms with E-state index in [0.717, 1.165) is 11.4 Å². The molecule has 35 heavy (non-hydrogen) atoms. The van der Waals surface area contributed by atoms with E-state index < -0.39 is 6.36 Å². The van der Waals surface area contributed by atoms with Crippen LogP contribution >= 0.6 is 0 Å². The van der Waals surface area contributed by atoms with Gasteiger partial charge in [-0.3, -0.25) is 0 Å². The lowest BCUT2D eigenvalue weighted by atomic mass is 10.1. The van der Waals surface area contributed by atoms with Gasteiger partial charge in [0.25, 0.3) is 5.78 Å². The van der Waals surface area contributed by atoms with Crippen molar-refractivity contribution in [1.29, 1.82) is 0 Å². The molecule has 0 bridgehead atoms. The lowest BCUT2D eigenvalue weighted by Gasteiger charge is -2.11. The molecule has 5 aromatic rings. The smallest absolute Gasteiger partial charge is 0.494 e. The van der Waals surface area contributed by atoms with E-state index in [1.165, 1.54) is 28.8 Å². The molecule has 178 valence electrons. The molecule has 2 aromatic carbocycles. The number of imidazole rings is 1. The van der Waals surface area contributed by atoms with Gasteiger partial charge in [0.1, 0.15) is 11.5 Å². The fourth-order valence-corrected chi connectivity index (χ4v) is 3.54. The Balaban J connectivity index is 1.42. The van der Waals surface area contributed by atoms with Crippen molar-refractivity contribution in [3.8, 4) is 28.4 Å². The van der Waals surface area contributed by atoms with Gasteiger partial charge in [0.15, 0.2) is 0 Å². The third-order valence-electron chi connectivity index (χ3n) is 5.05. The van der Waals surface area contributed by atoms with Gasteiger partial charge in [0, 0.05) is 29.7 Å². The number of hydrogen-bond acceptors (Lipinski definition) is 7. The Labute approximate surface area is 196 Å². The van der Waals surface area contributed by atoms with Crippen LogP contribution in [0.15, 0.2) is 67.3 Å². The molecular weight excluding hydrogens is 463 g/mol. The second-order valence-electron chi connectivity index (χ2n) is 7.48. The lowest BCUT2D eigenvalue weighted by Crippen LogP contribution is -2.16. The fourth-order valence-electron chi connectivity index (χ4n) is 3.54. The maximum absolute atomic E-state index is 12.4. The summed E-state index contributed by atoms with van der Waals surface area (Å²) in [4.78, 5) is 12.9. The van der Waals surface area contributed by atoms with Crippen LogP contribution in [-0.2, 0) is 0 Å². The summed E-state index contributed by atoms with van der Waals surface area (Å²) in [7, 11) is 1.58. The van der Waals surface area contributed by atoms with Crippen molar-refractivity contribution >= 4 is 17.4 Å². The summed E-state index contributed by atoms with van der Waals surface area (Å²) in [6.45, 7) is 1.90. The van der Waals surface area contributed by atoms with E-state index in [4.69, 9.17) is 4.74 Å². The van der Waals surface area contributed by atoms with Crippen LogP contribution in [0.25, 0.3) is 22.7 Å². The Morgan fingerprint density at radius 2 is 1.80 bits per heavy atom. The molecule has 0 saturated carbocycles. The normalized spacial score (nSPS) is 11.6. The van der Waals surface area contributed by atoms with Crippen LogP contribution in [-0.4, -0.2) is 42.6 Å². The van der Waals surface area contributed by atoms with Gasteiger partial charge in [-0.05, 0) is 49.4 Å². The lowest BCUT2D eigenvalue weighted by molar-refractivity contribution is -0.274. The number of benzene rings is 2. The van der Waals surface area contributed by atoms with Crippen molar-refractivity contribution in [1.82, 2.24) is 29.1 Å². The van der Waals surface area contributed by atoms with Crippen molar-refractivity contribution in [3.05, 3.63) is 72.9 Å². The van der Waals surface area contributed by atoms with E-state index in [9.17, 15) is 13.2 Å². The average molecular weight is 481 g/mol. The molecule has 12 heteroatoms. The molecule has 1 N–H and O–H groups in total. The van der Waals surface area contributed by atoms with Crippen molar-refractivity contribution in [2.24, 2.45) is 0 Å². The number of hydrogen-bond donors (Lipinski definition) is 1. The molecule has 0 radical (unpaired) electrons. The van der Waals surface area contributed by atoms with Gasteiger partial charge in [0.2, 0.25) is 5.95 Å². The highest BCUT2D eigenvalue weighted by Crippen LogP contribution is 2.29. The first-order valence-corrected chi connectivity index (χ1v) is 10.3. The summed E-state index contributed by atoms with van der Waals surface area (Å²) in [5.74, 6) is 0.917. The van der Waals surface area contributed by atoms with Crippen LogP contribution in [0.1, 0.15) is 5.69 Å². The number of ether oxygens (including phenoxy) is 2. The fraction of sp³-hybridized carbons (Fsp3) is 0.130. The van der Waals surface area contributed by atoms with Crippen LogP contribution in [0.4, 0.5) is 24.8 Å². The van der Waals surface area contributed by atoms with Gasteiger partial charge in [-0.25, -0.2) is 9.97 Å². The van der Waals surface area contributed by atoms with E-state index in [2.05, 4.69) is 30.1 Å². The topological polar surface area (TPSA) is 91.4 Å². The second-order valence-corrected chi connectivity index (χ2v) is 7.48. The SMILES string of the molecule is COc1cc(Nc2nc3nccc(-c4ccc(OC(F)(F)F)cc4)n3n2)ccc1-n1cnc(C)c1. The number of nitrogens with one attached hydrogen (secondary N) is 1. The minimum atomic E-state index is -4.75. The predicted octanol–water partition coefficient (Wildman–Crippen LogP) is 4.94. The summed E-state index contributed by atoms with van der Waals surface area (Å²) in [5.41, 5.74) is 3.61. The largest absolute Gasteiger partial charge is 0.573 e. The maximum Gasteiger partial charge on any atom is 0.573 e. The number of methoxy groups -OCH3 is 1. The number of aryl methyl sites for hydroxylation is 1. The summed E-state index contributed by atoms with van der Waals surface area (Å²) >= 11 is 0. The Bertz CT molecular complexity index is 1490. The molecule has 0 amide bonds. The molecule has 0 atom stereocenters. The summed E-state index contributed by atoms with van der Waals surface area (Å²) < 4.78 is 50.2. The second kappa shape index (κ2) is 8.63. The van der Waals surface area contributed by atoms with Crippen LogP contribution in [0.5, 0.6) is 11.5 Å². The first-order chi connectivity index (χ1) is 16.8. The summed E-state index contributed by atoms with van der Waals surface area (Å²) in [6.07, 6.45) is 0.396. The Hall–Kier alpha value is -4.61. The number of anilines is 2. The Morgan fingerprint density at radius 1 is 1.00 bits per heavy atom. The first-order valence-electron chi connectivity index (χ1n) is 10.3. The van der Waals surface area contributed by atoms with Crippen LogP contribution in [0, 0.1) is 6.92 Å². The van der Waals surface area contributed by atoms with Crippen LogP contribution in [0.2, 0.25) is 0 Å². The molecule has 3 heterocycles. The number of alkyl halides is 3. The van der Waals surface area contributed by atoms with E-state index in [1.807, 2.05) is 35.9 Å². The van der Waals surface area contributed by atoms with Crippen molar-refractivity contribution in [2.45, 2.75) is 13.3 Å². The summed E-state index contributed by atoms with van der Waals surface area (Å²) in [6, 6.07) is 12.7. The van der Waals surface area contributed by atoms with Crippen LogP contribution in [0.3, 0.4) is 0 Å². The molecular formula is C23H18F3N7O2. The van der Waals surface area contributed by atoms with Crippen molar-refractivity contribution in [2.75, 3.05) is 12.4 Å². The Kier molecular flexibility index (Phi) is 5.47. The maximum atomic E-state index is 12.4. The van der Waals surface area contributed by atoms with Gasteiger partial charge < -0.3 is 19.4 Å². The van der Waals surface area contributed by atoms with Gasteiger partial charge in [-0.1, -0.05) is 0 Å². The number of fused-ring (bicyclic) bond motifs is 1. The predicted molar refractivity (Wildman–Crippen MR) is 121 cm³/mol. The molecule has 0 unspecified atom stereocenters. The molecule has 0 spiro atoms. The number of aromatic nitrogens is 6. The Morgan fingerprint density at radius 3 is 2.49 bits per heavy atom. The highest BCUT2D eigenvalue weighted by molar-refractivity contribution is 5.65. The quantitative estimate of drug-likeness (QED) is 0.367. The molecule has 0 fully saturated rings. The molecule has 0 aliphatic carbocycles. The minimum absolute atomic E-state index is 0.287. The van der Waals surface area contributed by atoms with Crippen LogP contribution < -0.4 is 14.8 Å². The third kappa shape index (κ3) is 4.71. The minimum Gasteiger partial charge on any atom is -0.494 e. The zero-order chi connectivity index (χ0) is 24.6. The molecule has 5 rings (SSSR count). The van der Waals surface area contributed by atoms with Gasteiger partial charge in [-0.2, -0.15) is 9.50 Å². The molecule has 3 aromatic heterocycles. The van der Waals surface area contributed by atoms with Crippen molar-refractivity contribution in [3.63, 3.8) is 0 Å². The zero-order valence-electron chi connectivity index (χ0n) is 18.5. The molecule has 0 saturated heterocycles.